The number of nitrogens with one attached hydrogen (secondary N) is 1. The van der Waals surface area contributed by atoms with Gasteiger partial charge < -0.3 is 9.80 Å². The van der Waals surface area contributed by atoms with Gasteiger partial charge in [0.1, 0.15) is 29.2 Å². The van der Waals surface area contributed by atoms with Gasteiger partial charge in [0.25, 0.3) is 0 Å². The molecule has 0 radical (unpaired) electrons. The second-order valence-electron chi connectivity index (χ2n) is 12.1. The summed E-state index contributed by atoms with van der Waals surface area (Å²) in [6.45, 7) is 8.66. The smallest absolute Gasteiger partial charge is 0.236 e. The number of anilines is 2. The number of aromatic nitrogens is 8. The zero-order chi connectivity index (χ0) is 32.5. The Morgan fingerprint density at radius 3 is 2.57 bits per heavy atom. The fraction of sp³-hybridized carbons (Fsp3) is 0.394. The van der Waals surface area contributed by atoms with Gasteiger partial charge in [0.05, 0.1) is 18.0 Å². The third kappa shape index (κ3) is 6.28. The summed E-state index contributed by atoms with van der Waals surface area (Å²) in [5.41, 5.74) is 4.94. The molecule has 0 bridgehead atoms. The van der Waals surface area contributed by atoms with Gasteiger partial charge in [0.15, 0.2) is 5.82 Å². The standard InChI is InChI=1S/C33H38N12O2/c1-4-45(28-8-6-26-31(37-28)30(39-38-26)23-9-11-34-22(2)17-23)33(47)25-10-12-42(19-25)20-29(46)44-15-13-43(14-16-44)27-7-5-24(18-35-27)32-36-21-41(3)40-32/h5-9,11,17-18,21,25H,4,10,12-16,19-20H2,1-3H3,(H,38,39)/t25-/m1/s1. The molecule has 7 heterocycles. The lowest BCUT2D eigenvalue weighted by Crippen LogP contribution is -2.51. The van der Waals surface area contributed by atoms with E-state index in [1.54, 1.807) is 28.3 Å². The number of hydrogen-bond acceptors (Lipinski definition) is 10. The molecule has 14 nitrogen and oxygen atoms in total. The summed E-state index contributed by atoms with van der Waals surface area (Å²) in [7, 11) is 1.84. The second kappa shape index (κ2) is 12.9. The van der Waals surface area contributed by atoms with E-state index in [4.69, 9.17) is 4.98 Å². The lowest BCUT2D eigenvalue weighted by Gasteiger charge is -2.36. The van der Waals surface area contributed by atoms with Crippen LogP contribution < -0.4 is 9.80 Å². The number of amides is 2. The first-order chi connectivity index (χ1) is 22.9. The first-order valence-corrected chi connectivity index (χ1v) is 16.0. The molecule has 1 atom stereocenters. The van der Waals surface area contributed by atoms with Crippen molar-refractivity contribution in [2.75, 3.05) is 62.2 Å². The molecule has 0 aromatic carbocycles. The molecular formula is C33H38N12O2. The first-order valence-electron chi connectivity index (χ1n) is 16.0. The van der Waals surface area contributed by atoms with Crippen molar-refractivity contribution in [3.8, 4) is 22.6 Å². The van der Waals surface area contributed by atoms with Crippen LogP contribution >= 0.6 is 0 Å². The number of fused-ring (bicyclic) bond motifs is 1. The van der Waals surface area contributed by atoms with Crippen LogP contribution in [0.1, 0.15) is 19.0 Å². The summed E-state index contributed by atoms with van der Waals surface area (Å²) in [6, 6.07) is 11.6. The number of rotatable bonds is 8. The molecule has 2 fully saturated rings. The Morgan fingerprint density at radius 1 is 1.00 bits per heavy atom. The molecule has 14 heteroatoms. The van der Waals surface area contributed by atoms with Crippen molar-refractivity contribution in [3.63, 3.8) is 0 Å². The number of pyridine rings is 3. The number of likely N-dealkylation sites (tertiary alicyclic amines) is 1. The molecule has 2 aliphatic rings. The maximum atomic E-state index is 13.8. The van der Waals surface area contributed by atoms with E-state index in [9.17, 15) is 9.59 Å². The topological polar surface area (TPSA) is 145 Å². The van der Waals surface area contributed by atoms with Crippen LogP contribution in [0.15, 0.2) is 55.1 Å². The highest BCUT2D eigenvalue weighted by atomic mass is 16.2. The summed E-state index contributed by atoms with van der Waals surface area (Å²) in [6.07, 6.45) is 5.93. The van der Waals surface area contributed by atoms with Gasteiger partial charge in [-0.25, -0.2) is 15.0 Å². The van der Waals surface area contributed by atoms with E-state index in [0.29, 0.717) is 75.9 Å². The molecule has 47 heavy (non-hydrogen) atoms. The van der Waals surface area contributed by atoms with Crippen LogP contribution in [0.5, 0.6) is 0 Å². The molecule has 0 aliphatic carbocycles. The monoisotopic (exact) mass is 634 g/mol. The molecular weight excluding hydrogens is 596 g/mol. The van der Waals surface area contributed by atoms with Crippen molar-refractivity contribution in [1.29, 1.82) is 0 Å². The summed E-state index contributed by atoms with van der Waals surface area (Å²) in [5.74, 6) is 2.06. The van der Waals surface area contributed by atoms with Crippen LogP contribution in [0, 0.1) is 12.8 Å². The molecule has 0 unspecified atom stereocenters. The number of carbonyl (C=O) groups excluding carboxylic acids is 2. The molecule has 5 aromatic rings. The van der Waals surface area contributed by atoms with Gasteiger partial charge in [0, 0.05) is 75.5 Å². The SMILES string of the molecule is CCN(C(=O)[C@@H]1CCN(CC(=O)N2CCN(c3ccc(-c4ncn(C)n4)cn3)CC2)C1)c1ccc2[nH]nc(-c3ccnc(C)c3)c2n1. The zero-order valence-corrected chi connectivity index (χ0v) is 26.9. The molecule has 2 aliphatic heterocycles. The number of piperazine rings is 1. The molecule has 1 N–H and O–H groups in total. The van der Waals surface area contributed by atoms with Gasteiger partial charge >= 0.3 is 0 Å². The van der Waals surface area contributed by atoms with Crippen LogP contribution in [-0.2, 0) is 16.6 Å². The van der Waals surface area contributed by atoms with Crippen molar-refractivity contribution < 1.29 is 9.59 Å². The van der Waals surface area contributed by atoms with Crippen LogP contribution in [0.2, 0.25) is 0 Å². The second-order valence-corrected chi connectivity index (χ2v) is 12.1. The van der Waals surface area contributed by atoms with Crippen LogP contribution in [0.4, 0.5) is 11.6 Å². The average molecular weight is 635 g/mol. The van der Waals surface area contributed by atoms with E-state index in [1.165, 1.54) is 0 Å². The quantitative estimate of drug-likeness (QED) is 0.270. The lowest BCUT2D eigenvalue weighted by molar-refractivity contribution is -0.132. The largest absolute Gasteiger partial charge is 0.353 e. The summed E-state index contributed by atoms with van der Waals surface area (Å²) in [5, 5.41) is 11.9. The summed E-state index contributed by atoms with van der Waals surface area (Å²) < 4.78 is 1.67. The van der Waals surface area contributed by atoms with Crippen molar-refractivity contribution in [2.45, 2.75) is 20.3 Å². The number of aryl methyl sites for hydroxylation is 2. The lowest BCUT2D eigenvalue weighted by atomic mass is 10.1. The maximum absolute atomic E-state index is 13.8. The summed E-state index contributed by atoms with van der Waals surface area (Å²) >= 11 is 0. The Hall–Kier alpha value is -5.24. The molecule has 5 aromatic heterocycles. The molecule has 0 spiro atoms. The normalized spacial score (nSPS) is 17.0. The Labute approximate surface area is 272 Å². The van der Waals surface area contributed by atoms with E-state index in [2.05, 4.69) is 40.0 Å². The zero-order valence-electron chi connectivity index (χ0n) is 26.9. The minimum Gasteiger partial charge on any atom is -0.353 e. The Kier molecular flexibility index (Phi) is 8.33. The fourth-order valence-corrected chi connectivity index (χ4v) is 6.42. The van der Waals surface area contributed by atoms with Gasteiger partial charge in [-0.3, -0.25) is 34.2 Å². The maximum Gasteiger partial charge on any atom is 0.236 e. The Bertz CT molecular complexity index is 1890. The summed E-state index contributed by atoms with van der Waals surface area (Å²) in [4.78, 5) is 53.1. The first kappa shape index (κ1) is 30.4. The van der Waals surface area contributed by atoms with Gasteiger partial charge in [0.2, 0.25) is 11.8 Å². The highest BCUT2D eigenvalue weighted by Gasteiger charge is 2.34. The van der Waals surface area contributed by atoms with Crippen molar-refractivity contribution in [2.24, 2.45) is 13.0 Å². The van der Waals surface area contributed by atoms with E-state index in [-0.39, 0.29) is 17.7 Å². The minimum atomic E-state index is -0.195. The number of carbonyl (C=O) groups is 2. The average Bonchev–Trinajstić information content (AvgIpc) is 3.85. The van der Waals surface area contributed by atoms with E-state index in [1.807, 2.05) is 62.2 Å². The molecule has 242 valence electrons. The highest BCUT2D eigenvalue weighted by Crippen LogP contribution is 2.29. The predicted molar refractivity (Wildman–Crippen MR) is 177 cm³/mol. The van der Waals surface area contributed by atoms with E-state index in [0.717, 1.165) is 33.8 Å². The number of H-pyrrole nitrogens is 1. The highest BCUT2D eigenvalue weighted by molar-refractivity contribution is 5.97. The Morgan fingerprint density at radius 2 is 1.85 bits per heavy atom. The third-order valence-corrected chi connectivity index (χ3v) is 8.96. The molecule has 0 saturated carbocycles. The predicted octanol–water partition coefficient (Wildman–Crippen LogP) is 2.54. The van der Waals surface area contributed by atoms with Gasteiger partial charge in [-0.15, -0.1) is 0 Å². The number of hydrogen-bond donors (Lipinski definition) is 1. The molecule has 2 saturated heterocycles. The van der Waals surface area contributed by atoms with Crippen molar-refractivity contribution in [1.82, 2.24) is 49.7 Å². The number of nitrogens with zero attached hydrogens (tertiary/aromatic N) is 11. The van der Waals surface area contributed by atoms with Gasteiger partial charge in [-0.05, 0) is 63.2 Å². The van der Waals surface area contributed by atoms with Crippen molar-refractivity contribution in [3.05, 3.63) is 60.8 Å². The minimum absolute atomic E-state index is 0.0325. The van der Waals surface area contributed by atoms with E-state index >= 15 is 0 Å². The molecule has 7 rings (SSSR count). The Balaban J connectivity index is 0.936. The van der Waals surface area contributed by atoms with Crippen molar-refractivity contribution >= 4 is 34.5 Å². The van der Waals surface area contributed by atoms with Crippen LogP contribution in [0.25, 0.3) is 33.7 Å². The third-order valence-electron chi connectivity index (χ3n) is 8.96. The molecule has 2 amide bonds. The van der Waals surface area contributed by atoms with Gasteiger partial charge in [-0.2, -0.15) is 10.2 Å². The van der Waals surface area contributed by atoms with Crippen LogP contribution in [0.3, 0.4) is 0 Å². The fourth-order valence-electron chi connectivity index (χ4n) is 6.42. The van der Waals surface area contributed by atoms with Gasteiger partial charge in [-0.1, -0.05) is 0 Å². The number of aromatic amines is 1. The van der Waals surface area contributed by atoms with E-state index < -0.39 is 0 Å². The van der Waals surface area contributed by atoms with Crippen LogP contribution in [-0.4, -0.2) is 114 Å².